The highest BCUT2D eigenvalue weighted by Gasteiger charge is 2.06. The van der Waals surface area contributed by atoms with Crippen LogP contribution in [-0.2, 0) is 0 Å². The van der Waals surface area contributed by atoms with Gasteiger partial charge in [-0.1, -0.05) is 40.0 Å². The lowest BCUT2D eigenvalue weighted by molar-refractivity contribution is 0.432. The molecule has 0 aliphatic carbocycles. The summed E-state index contributed by atoms with van der Waals surface area (Å²) in [5.74, 6) is 0.563. The van der Waals surface area contributed by atoms with Crippen LogP contribution in [0, 0.1) is 0 Å². The highest BCUT2D eigenvalue weighted by Crippen LogP contribution is 2.29. The summed E-state index contributed by atoms with van der Waals surface area (Å²) in [7, 11) is 0. The molecule has 5 heteroatoms. The van der Waals surface area contributed by atoms with Crippen molar-refractivity contribution in [1.82, 2.24) is 5.16 Å². The lowest BCUT2D eigenvalue weighted by atomic mass is 10.2. The van der Waals surface area contributed by atoms with Crippen molar-refractivity contribution < 1.29 is 4.52 Å². The minimum atomic E-state index is 0.311. The van der Waals surface area contributed by atoms with Gasteiger partial charge in [-0.25, -0.2) is 0 Å². The summed E-state index contributed by atoms with van der Waals surface area (Å²) in [4.78, 5) is 0. The van der Waals surface area contributed by atoms with E-state index in [1.54, 1.807) is 24.3 Å². The van der Waals surface area contributed by atoms with E-state index in [9.17, 15) is 0 Å². The molecule has 2 nitrogen and oxygen atoms in total. The summed E-state index contributed by atoms with van der Waals surface area (Å²) in [6.45, 7) is 0. The average molecular weight is 248 g/mol. The summed E-state index contributed by atoms with van der Waals surface area (Å²) in [5.41, 5.74) is 0.791. The first kappa shape index (κ1) is 9.84. The van der Waals surface area contributed by atoms with E-state index < -0.39 is 0 Å². The Hall–Kier alpha value is -0.700. The summed E-state index contributed by atoms with van der Waals surface area (Å²) >= 11 is 17.2. The minimum absolute atomic E-state index is 0.311. The van der Waals surface area contributed by atoms with Gasteiger partial charge in [-0.2, -0.15) is 0 Å². The molecule has 0 aliphatic heterocycles. The lowest BCUT2D eigenvalue weighted by Gasteiger charge is -1.97. The molecule has 0 saturated carbocycles. The van der Waals surface area contributed by atoms with Crippen molar-refractivity contribution in [3.63, 3.8) is 0 Å². The smallest absolute Gasteiger partial charge is 0.172 e. The Morgan fingerprint density at radius 2 is 1.79 bits per heavy atom. The Kier molecular flexibility index (Phi) is 2.68. The predicted octanol–water partition coefficient (Wildman–Crippen LogP) is 4.30. The van der Waals surface area contributed by atoms with Gasteiger partial charge in [0.25, 0.3) is 0 Å². The largest absolute Gasteiger partial charge is 0.355 e. The second kappa shape index (κ2) is 3.81. The number of rotatable bonds is 1. The molecule has 0 atom stereocenters. The first-order valence-electron chi connectivity index (χ1n) is 3.74. The highest BCUT2D eigenvalue weighted by atomic mass is 35.5. The molecular formula is C9H4Cl3NO. The second-order valence-corrected chi connectivity index (χ2v) is 3.84. The molecule has 14 heavy (non-hydrogen) atoms. The van der Waals surface area contributed by atoms with Crippen molar-refractivity contribution in [2.24, 2.45) is 0 Å². The third kappa shape index (κ3) is 1.87. The van der Waals surface area contributed by atoms with Crippen molar-refractivity contribution in [1.29, 1.82) is 0 Å². The fourth-order valence-electron chi connectivity index (χ4n) is 1.04. The monoisotopic (exact) mass is 247 g/mol. The van der Waals surface area contributed by atoms with Crippen LogP contribution >= 0.6 is 34.8 Å². The summed E-state index contributed by atoms with van der Waals surface area (Å²) in [6.07, 6.45) is 0. The molecule has 0 aliphatic rings. The van der Waals surface area contributed by atoms with E-state index in [1.165, 1.54) is 0 Å². The molecular weight excluding hydrogens is 244 g/mol. The maximum Gasteiger partial charge on any atom is 0.172 e. The van der Waals surface area contributed by atoms with Gasteiger partial charge in [0, 0.05) is 11.6 Å². The number of nitrogens with zero attached hydrogens (tertiary/aromatic N) is 1. The molecule has 0 N–H and O–H groups in total. The molecule has 0 radical (unpaired) electrons. The van der Waals surface area contributed by atoms with E-state index >= 15 is 0 Å². The average Bonchev–Trinajstić information content (AvgIpc) is 2.57. The Balaban J connectivity index is 2.47. The molecule has 1 heterocycles. The molecule has 0 amide bonds. The molecule has 0 saturated heterocycles. The van der Waals surface area contributed by atoms with Crippen LogP contribution in [0.2, 0.25) is 15.2 Å². The molecule has 0 unspecified atom stereocenters. The maximum absolute atomic E-state index is 5.84. The number of benzene rings is 1. The van der Waals surface area contributed by atoms with Crippen LogP contribution in [0.3, 0.4) is 0 Å². The SMILES string of the molecule is Clc1cc(-c2ccc(Cl)c(Cl)c2)on1. The van der Waals surface area contributed by atoms with Gasteiger partial charge in [0.1, 0.15) is 0 Å². The zero-order valence-corrected chi connectivity index (χ0v) is 9.07. The molecule has 2 aromatic rings. The highest BCUT2D eigenvalue weighted by molar-refractivity contribution is 6.42. The normalized spacial score (nSPS) is 10.5. The van der Waals surface area contributed by atoms with Crippen LogP contribution in [0.15, 0.2) is 28.8 Å². The van der Waals surface area contributed by atoms with Gasteiger partial charge < -0.3 is 4.52 Å². The predicted molar refractivity (Wildman–Crippen MR) is 57.0 cm³/mol. The zero-order valence-electron chi connectivity index (χ0n) is 6.80. The van der Waals surface area contributed by atoms with E-state index in [0.29, 0.717) is 21.0 Å². The quantitative estimate of drug-likeness (QED) is 0.752. The van der Waals surface area contributed by atoms with E-state index in [4.69, 9.17) is 39.3 Å². The topological polar surface area (TPSA) is 26.0 Å². The lowest BCUT2D eigenvalue weighted by Crippen LogP contribution is -1.74. The first-order valence-corrected chi connectivity index (χ1v) is 4.88. The Morgan fingerprint density at radius 1 is 1.00 bits per heavy atom. The van der Waals surface area contributed by atoms with Gasteiger partial charge in [0.05, 0.1) is 10.0 Å². The van der Waals surface area contributed by atoms with E-state index in [0.717, 1.165) is 5.56 Å². The van der Waals surface area contributed by atoms with E-state index in [1.807, 2.05) is 0 Å². The zero-order chi connectivity index (χ0) is 10.1. The van der Waals surface area contributed by atoms with Gasteiger partial charge in [-0.15, -0.1) is 0 Å². The van der Waals surface area contributed by atoms with Crippen LogP contribution in [0.1, 0.15) is 0 Å². The summed E-state index contributed by atoms with van der Waals surface area (Å²) in [5, 5.41) is 4.84. The molecule has 0 fully saturated rings. The molecule has 72 valence electrons. The first-order chi connectivity index (χ1) is 6.66. The van der Waals surface area contributed by atoms with Crippen LogP contribution < -0.4 is 0 Å². The molecule has 1 aromatic carbocycles. The van der Waals surface area contributed by atoms with Crippen molar-refractivity contribution in [3.8, 4) is 11.3 Å². The number of aromatic nitrogens is 1. The summed E-state index contributed by atoms with van der Waals surface area (Å²) < 4.78 is 4.96. The fourth-order valence-corrected chi connectivity index (χ4v) is 1.47. The van der Waals surface area contributed by atoms with Gasteiger partial charge in [-0.05, 0) is 18.2 Å². The molecule has 1 aromatic heterocycles. The molecule has 0 bridgehead atoms. The standard InChI is InChI=1S/C9H4Cl3NO/c10-6-2-1-5(3-7(6)11)8-4-9(12)13-14-8/h1-4H. The number of hydrogen-bond acceptors (Lipinski definition) is 2. The van der Waals surface area contributed by atoms with Crippen LogP contribution in [0.4, 0.5) is 0 Å². The summed E-state index contributed by atoms with van der Waals surface area (Å²) in [6, 6.07) is 6.78. The van der Waals surface area contributed by atoms with Crippen LogP contribution in [0.5, 0.6) is 0 Å². The molecule has 2 rings (SSSR count). The van der Waals surface area contributed by atoms with Gasteiger partial charge in [0.2, 0.25) is 0 Å². The van der Waals surface area contributed by atoms with Crippen molar-refractivity contribution >= 4 is 34.8 Å². The Bertz CT molecular complexity index is 467. The third-order valence-electron chi connectivity index (χ3n) is 1.69. The van der Waals surface area contributed by atoms with Gasteiger partial charge in [0.15, 0.2) is 10.9 Å². The fraction of sp³-hybridized carbons (Fsp3) is 0. The Morgan fingerprint density at radius 3 is 2.36 bits per heavy atom. The number of halogens is 3. The van der Waals surface area contributed by atoms with Gasteiger partial charge in [-0.3, -0.25) is 0 Å². The number of hydrogen-bond donors (Lipinski definition) is 0. The molecule has 0 spiro atoms. The third-order valence-corrected chi connectivity index (χ3v) is 2.60. The van der Waals surface area contributed by atoms with E-state index in [2.05, 4.69) is 5.16 Å². The maximum atomic E-state index is 5.84. The second-order valence-electron chi connectivity index (χ2n) is 2.64. The van der Waals surface area contributed by atoms with Crippen molar-refractivity contribution in [2.45, 2.75) is 0 Å². The van der Waals surface area contributed by atoms with E-state index in [-0.39, 0.29) is 0 Å². The minimum Gasteiger partial charge on any atom is -0.355 e. The van der Waals surface area contributed by atoms with Crippen molar-refractivity contribution in [3.05, 3.63) is 39.5 Å². The van der Waals surface area contributed by atoms with Crippen LogP contribution in [-0.4, -0.2) is 5.16 Å². The van der Waals surface area contributed by atoms with Gasteiger partial charge >= 0.3 is 0 Å². The Labute approximate surface area is 95.4 Å². The van der Waals surface area contributed by atoms with Crippen molar-refractivity contribution in [2.75, 3.05) is 0 Å². The van der Waals surface area contributed by atoms with Crippen LogP contribution in [0.25, 0.3) is 11.3 Å².